The van der Waals surface area contributed by atoms with Crippen LogP contribution in [0.4, 0.5) is 17.1 Å². The van der Waals surface area contributed by atoms with Crippen LogP contribution in [0, 0.1) is 6.92 Å². The zero-order chi connectivity index (χ0) is 14.1. The predicted molar refractivity (Wildman–Crippen MR) is 85.4 cm³/mol. The van der Waals surface area contributed by atoms with Gasteiger partial charge in [-0.2, -0.15) is 0 Å². The molecular formula is C17H17N3. The second-order valence-electron chi connectivity index (χ2n) is 4.94. The van der Waals surface area contributed by atoms with Gasteiger partial charge in [-0.1, -0.05) is 18.2 Å². The molecule has 0 bridgehead atoms. The summed E-state index contributed by atoms with van der Waals surface area (Å²) in [6.07, 6.45) is 3.64. The average molecular weight is 263 g/mol. The normalized spacial score (nSPS) is 10.7. The molecule has 1 aromatic heterocycles. The standard InChI is InChI=1S/C17H17N3/c1-12-5-3-4-6-16(12)20(2)17-8-7-15(18)13-9-10-19-11-14(13)17/h3-11H,18H2,1-2H3. The van der Waals surface area contributed by atoms with Gasteiger partial charge in [-0.3, -0.25) is 4.98 Å². The molecule has 0 saturated heterocycles. The minimum Gasteiger partial charge on any atom is -0.398 e. The number of nitrogen functional groups attached to an aromatic ring is 1. The van der Waals surface area contributed by atoms with Crippen LogP contribution >= 0.6 is 0 Å². The molecule has 0 spiro atoms. The summed E-state index contributed by atoms with van der Waals surface area (Å²) < 4.78 is 0. The van der Waals surface area contributed by atoms with Crippen LogP contribution in [0.1, 0.15) is 5.56 Å². The maximum Gasteiger partial charge on any atom is 0.0505 e. The number of nitrogens with zero attached hydrogens (tertiary/aromatic N) is 2. The largest absolute Gasteiger partial charge is 0.398 e. The minimum absolute atomic E-state index is 0.782. The van der Waals surface area contributed by atoms with Crippen LogP contribution < -0.4 is 10.6 Å². The third-order valence-electron chi connectivity index (χ3n) is 3.67. The molecular weight excluding hydrogens is 246 g/mol. The Hall–Kier alpha value is -2.55. The van der Waals surface area contributed by atoms with Gasteiger partial charge >= 0.3 is 0 Å². The molecule has 0 radical (unpaired) electrons. The number of aromatic nitrogens is 1. The van der Waals surface area contributed by atoms with Gasteiger partial charge in [0.25, 0.3) is 0 Å². The first-order valence-electron chi connectivity index (χ1n) is 6.60. The SMILES string of the molecule is Cc1ccccc1N(C)c1ccc(N)c2ccncc12. The minimum atomic E-state index is 0.782. The summed E-state index contributed by atoms with van der Waals surface area (Å²) in [6.45, 7) is 2.11. The molecule has 0 fully saturated rings. The van der Waals surface area contributed by atoms with Crippen LogP contribution in [-0.4, -0.2) is 12.0 Å². The molecule has 2 N–H and O–H groups in total. The summed E-state index contributed by atoms with van der Waals surface area (Å²) in [5, 5.41) is 2.11. The highest BCUT2D eigenvalue weighted by atomic mass is 15.1. The summed E-state index contributed by atoms with van der Waals surface area (Å²) in [5.41, 5.74) is 10.4. The summed E-state index contributed by atoms with van der Waals surface area (Å²) in [4.78, 5) is 6.41. The van der Waals surface area contributed by atoms with Gasteiger partial charge in [-0.25, -0.2) is 0 Å². The summed E-state index contributed by atoms with van der Waals surface area (Å²) in [5.74, 6) is 0. The van der Waals surface area contributed by atoms with Gasteiger partial charge in [0.1, 0.15) is 0 Å². The first-order valence-corrected chi connectivity index (χ1v) is 6.60. The van der Waals surface area contributed by atoms with E-state index in [2.05, 4.69) is 48.1 Å². The van der Waals surface area contributed by atoms with Gasteiger partial charge in [0.2, 0.25) is 0 Å². The molecule has 20 heavy (non-hydrogen) atoms. The fourth-order valence-electron chi connectivity index (χ4n) is 2.56. The van der Waals surface area contributed by atoms with Crippen molar-refractivity contribution in [2.75, 3.05) is 17.7 Å². The van der Waals surface area contributed by atoms with E-state index >= 15 is 0 Å². The van der Waals surface area contributed by atoms with Gasteiger partial charge < -0.3 is 10.6 Å². The third kappa shape index (κ3) is 1.97. The van der Waals surface area contributed by atoms with Gasteiger partial charge in [-0.15, -0.1) is 0 Å². The number of rotatable bonds is 2. The Morgan fingerprint density at radius 2 is 1.75 bits per heavy atom. The molecule has 100 valence electrons. The lowest BCUT2D eigenvalue weighted by atomic mass is 10.1. The van der Waals surface area contributed by atoms with Crippen LogP contribution in [0.2, 0.25) is 0 Å². The highest BCUT2D eigenvalue weighted by Gasteiger charge is 2.11. The zero-order valence-electron chi connectivity index (χ0n) is 11.7. The van der Waals surface area contributed by atoms with E-state index in [1.807, 2.05) is 24.4 Å². The van der Waals surface area contributed by atoms with Crippen molar-refractivity contribution in [3.63, 3.8) is 0 Å². The van der Waals surface area contributed by atoms with Crippen molar-refractivity contribution in [3.05, 3.63) is 60.4 Å². The third-order valence-corrected chi connectivity index (χ3v) is 3.67. The van der Waals surface area contributed by atoms with Crippen molar-refractivity contribution in [1.82, 2.24) is 4.98 Å². The lowest BCUT2D eigenvalue weighted by molar-refractivity contribution is 1.19. The van der Waals surface area contributed by atoms with E-state index in [1.165, 1.54) is 11.3 Å². The van der Waals surface area contributed by atoms with E-state index in [-0.39, 0.29) is 0 Å². The Morgan fingerprint density at radius 1 is 0.950 bits per heavy atom. The van der Waals surface area contributed by atoms with E-state index in [0.717, 1.165) is 22.1 Å². The fraction of sp³-hybridized carbons (Fsp3) is 0.118. The van der Waals surface area contributed by atoms with E-state index in [0.29, 0.717) is 0 Å². The monoisotopic (exact) mass is 263 g/mol. The summed E-state index contributed by atoms with van der Waals surface area (Å²) in [6, 6.07) is 14.3. The van der Waals surface area contributed by atoms with Crippen molar-refractivity contribution < 1.29 is 0 Å². The molecule has 2 aromatic carbocycles. The number of pyridine rings is 1. The molecule has 0 saturated carbocycles. The Kier molecular flexibility index (Phi) is 3.03. The summed E-state index contributed by atoms with van der Waals surface area (Å²) >= 11 is 0. The van der Waals surface area contributed by atoms with E-state index in [4.69, 9.17) is 5.73 Å². The molecule has 0 aliphatic carbocycles. The predicted octanol–water partition coefficient (Wildman–Crippen LogP) is 3.89. The van der Waals surface area contributed by atoms with Crippen molar-refractivity contribution >= 4 is 27.8 Å². The molecule has 3 heteroatoms. The van der Waals surface area contributed by atoms with E-state index < -0.39 is 0 Å². The fourth-order valence-corrected chi connectivity index (χ4v) is 2.56. The molecule has 0 unspecified atom stereocenters. The first-order chi connectivity index (χ1) is 9.68. The number of hydrogen-bond acceptors (Lipinski definition) is 3. The smallest absolute Gasteiger partial charge is 0.0505 e. The number of nitrogens with two attached hydrogens (primary N) is 1. The maximum absolute atomic E-state index is 6.05. The molecule has 3 aromatic rings. The molecule has 0 atom stereocenters. The second-order valence-corrected chi connectivity index (χ2v) is 4.94. The van der Waals surface area contributed by atoms with Crippen molar-refractivity contribution in [2.45, 2.75) is 6.92 Å². The summed E-state index contributed by atoms with van der Waals surface area (Å²) in [7, 11) is 2.07. The van der Waals surface area contributed by atoms with Crippen LogP contribution in [0.3, 0.4) is 0 Å². The van der Waals surface area contributed by atoms with Crippen LogP contribution in [0.15, 0.2) is 54.9 Å². The Bertz CT molecular complexity index is 765. The number of benzene rings is 2. The second kappa shape index (κ2) is 4.85. The lowest BCUT2D eigenvalue weighted by Crippen LogP contribution is -2.11. The number of aryl methyl sites for hydroxylation is 1. The maximum atomic E-state index is 6.05. The molecule has 3 nitrogen and oxygen atoms in total. The van der Waals surface area contributed by atoms with Crippen LogP contribution in [0.25, 0.3) is 10.8 Å². The molecule has 0 aliphatic rings. The van der Waals surface area contributed by atoms with Gasteiger partial charge in [-0.05, 0) is 36.8 Å². The van der Waals surface area contributed by atoms with Crippen LogP contribution in [0.5, 0.6) is 0 Å². The van der Waals surface area contributed by atoms with Gasteiger partial charge in [0.15, 0.2) is 0 Å². The highest BCUT2D eigenvalue weighted by Crippen LogP contribution is 2.34. The van der Waals surface area contributed by atoms with Crippen LogP contribution in [-0.2, 0) is 0 Å². The molecule has 3 rings (SSSR count). The molecule has 1 heterocycles. The number of fused-ring (bicyclic) bond motifs is 1. The van der Waals surface area contributed by atoms with Gasteiger partial charge in [0, 0.05) is 41.6 Å². The lowest BCUT2D eigenvalue weighted by Gasteiger charge is -2.23. The van der Waals surface area contributed by atoms with Crippen molar-refractivity contribution in [1.29, 1.82) is 0 Å². The quantitative estimate of drug-likeness (QED) is 0.713. The molecule has 0 aliphatic heterocycles. The van der Waals surface area contributed by atoms with Crippen molar-refractivity contribution in [2.24, 2.45) is 0 Å². The van der Waals surface area contributed by atoms with Gasteiger partial charge in [0.05, 0.1) is 5.69 Å². The Labute approximate surface area is 118 Å². The highest BCUT2D eigenvalue weighted by molar-refractivity contribution is 6.02. The topological polar surface area (TPSA) is 42.1 Å². The van der Waals surface area contributed by atoms with Crippen molar-refractivity contribution in [3.8, 4) is 0 Å². The Morgan fingerprint density at radius 3 is 2.55 bits per heavy atom. The Balaban J connectivity index is 2.20. The zero-order valence-corrected chi connectivity index (χ0v) is 11.7. The number of anilines is 3. The first kappa shape index (κ1) is 12.5. The number of hydrogen-bond donors (Lipinski definition) is 1. The molecule has 0 amide bonds. The van der Waals surface area contributed by atoms with E-state index in [9.17, 15) is 0 Å². The average Bonchev–Trinajstić information content (AvgIpc) is 2.48. The number of para-hydroxylation sites is 1. The van der Waals surface area contributed by atoms with E-state index in [1.54, 1.807) is 6.20 Å².